The first-order valence-electron chi connectivity index (χ1n) is 7.95. The van der Waals surface area contributed by atoms with Gasteiger partial charge in [0, 0.05) is 42.8 Å². The molecule has 132 valence electrons. The number of hydrogen-bond acceptors (Lipinski definition) is 3. The van der Waals surface area contributed by atoms with Crippen molar-refractivity contribution in [3.05, 3.63) is 77.2 Å². The van der Waals surface area contributed by atoms with Crippen molar-refractivity contribution in [1.29, 1.82) is 0 Å². The highest BCUT2D eigenvalue weighted by Crippen LogP contribution is 2.28. The summed E-state index contributed by atoms with van der Waals surface area (Å²) >= 11 is 6.07. The van der Waals surface area contributed by atoms with Crippen LogP contribution in [0, 0.1) is 5.82 Å². The minimum atomic E-state index is -0.555. The molecule has 4 nitrogen and oxygen atoms in total. The third kappa shape index (κ3) is 3.83. The van der Waals surface area contributed by atoms with Crippen molar-refractivity contribution in [2.45, 2.75) is 0 Å². The number of halogens is 2. The maximum Gasteiger partial charge on any atom is 0.255 e. The van der Waals surface area contributed by atoms with Crippen molar-refractivity contribution in [1.82, 2.24) is 4.98 Å². The summed E-state index contributed by atoms with van der Waals surface area (Å²) in [4.78, 5) is 18.5. The average molecular weight is 370 g/mol. The summed E-state index contributed by atoms with van der Waals surface area (Å²) < 4.78 is 14.5. The van der Waals surface area contributed by atoms with Crippen LogP contribution in [-0.2, 0) is 0 Å². The molecular formula is C20H17ClFN3O. The van der Waals surface area contributed by atoms with E-state index in [1.165, 1.54) is 12.1 Å². The van der Waals surface area contributed by atoms with E-state index in [9.17, 15) is 9.18 Å². The molecule has 0 bridgehead atoms. The Bertz CT molecular complexity index is 959. The molecule has 0 fully saturated rings. The summed E-state index contributed by atoms with van der Waals surface area (Å²) in [6.45, 7) is 0. The van der Waals surface area contributed by atoms with Crippen LogP contribution in [0.25, 0.3) is 11.3 Å². The monoisotopic (exact) mass is 369 g/mol. The lowest BCUT2D eigenvalue weighted by molar-refractivity contribution is 0.102. The van der Waals surface area contributed by atoms with Gasteiger partial charge in [-0.15, -0.1) is 0 Å². The first-order chi connectivity index (χ1) is 12.5. The van der Waals surface area contributed by atoms with E-state index in [-0.39, 0.29) is 11.1 Å². The maximum absolute atomic E-state index is 14.5. The fraction of sp³-hybridized carbons (Fsp3) is 0.100. The summed E-state index contributed by atoms with van der Waals surface area (Å²) in [6, 6.07) is 15.0. The number of benzene rings is 2. The smallest absolute Gasteiger partial charge is 0.255 e. The zero-order valence-corrected chi connectivity index (χ0v) is 15.1. The molecule has 0 radical (unpaired) electrons. The lowest BCUT2D eigenvalue weighted by Gasteiger charge is -2.14. The molecular weight excluding hydrogens is 353 g/mol. The molecule has 6 heteroatoms. The molecule has 0 saturated heterocycles. The number of pyridine rings is 1. The third-order valence-electron chi connectivity index (χ3n) is 3.87. The van der Waals surface area contributed by atoms with Crippen LogP contribution >= 0.6 is 11.6 Å². The molecule has 26 heavy (non-hydrogen) atoms. The van der Waals surface area contributed by atoms with Gasteiger partial charge in [0.05, 0.1) is 10.7 Å². The Balaban J connectivity index is 1.84. The van der Waals surface area contributed by atoms with Crippen LogP contribution in [0.5, 0.6) is 0 Å². The summed E-state index contributed by atoms with van der Waals surface area (Å²) in [5.41, 5.74) is 2.40. The van der Waals surface area contributed by atoms with Crippen LogP contribution in [0.3, 0.4) is 0 Å². The van der Waals surface area contributed by atoms with Crippen LogP contribution in [0.2, 0.25) is 5.02 Å². The van der Waals surface area contributed by atoms with Gasteiger partial charge >= 0.3 is 0 Å². The topological polar surface area (TPSA) is 45.2 Å². The first kappa shape index (κ1) is 17.9. The van der Waals surface area contributed by atoms with Gasteiger partial charge in [-0.05, 0) is 48.5 Å². The number of aromatic nitrogens is 1. The third-order valence-corrected chi connectivity index (χ3v) is 4.17. The predicted octanol–water partition coefficient (Wildman–Crippen LogP) is 4.86. The Kier molecular flexibility index (Phi) is 5.19. The van der Waals surface area contributed by atoms with Crippen molar-refractivity contribution in [3.8, 4) is 11.3 Å². The van der Waals surface area contributed by atoms with Crippen LogP contribution in [0.15, 0.2) is 60.8 Å². The van der Waals surface area contributed by atoms with Crippen LogP contribution in [0.4, 0.5) is 15.8 Å². The molecule has 3 aromatic rings. The van der Waals surface area contributed by atoms with Crippen molar-refractivity contribution in [2.24, 2.45) is 0 Å². The van der Waals surface area contributed by atoms with Crippen molar-refractivity contribution >= 4 is 28.9 Å². The van der Waals surface area contributed by atoms with E-state index in [4.69, 9.17) is 11.6 Å². The van der Waals surface area contributed by atoms with Gasteiger partial charge in [-0.2, -0.15) is 0 Å². The Labute approximate surface area is 156 Å². The zero-order valence-electron chi connectivity index (χ0n) is 14.3. The van der Waals surface area contributed by atoms with Crippen molar-refractivity contribution < 1.29 is 9.18 Å². The number of nitrogens with one attached hydrogen (secondary N) is 1. The Morgan fingerprint density at radius 3 is 2.62 bits per heavy atom. The fourth-order valence-electron chi connectivity index (χ4n) is 2.50. The number of carbonyl (C=O) groups is 1. The molecule has 0 unspecified atom stereocenters. The molecule has 1 heterocycles. The maximum atomic E-state index is 14.5. The van der Waals surface area contributed by atoms with E-state index >= 15 is 0 Å². The molecule has 1 amide bonds. The number of nitrogens with zero attached hydrogens (tertiary/aromatic N) is 2. The average Bonchev–Trinajstić information content (AvgIpc) is 2.62. The lowest BCUT2D eigenvalue weighted by Crippen LogP contribution is -2.13. The SMILES string of the molecule is CN(C)c1cccc(NC(=O)c2ccc(-c3ncccc3Cl)c(F)c2)c1. The molecule has 1 N–H and O–H groups in total. The molecule has 0 atom stereocenters. The van der Waals surface area contributed by atoms with Gasteiger partial charge in [0.1, 0.15) is 5.82 Å². The standard InChI is InChI=1S/C20H17ClFN3O/c1-25(2)15-6-3-5-14(12-15)24-20(26)13-8-9-16(18(22)11-13)19-17(21)7-4-10-23-19/h3-12H,1-2H3,(H,24,26). The Hall–Kier alpha value is -2.92. The van der Waals surface area contributed by atoms with E-state index in [1.54, 1.807) is 30.5 Å². The van der Waals surface area contributed by atoms with Gasteiger partial charge in [0.25, 0.3) is 5.91 Å². The predicted molar refractivity (Wildman–Crippen MR) is 103 cm³/mol. The van der Waals surface area contributed by atoms with Gasteiger partial charge in [-0.3, -0.25) is 9.78 Å². The summed E-state index contributed by atoms with van der Waals surface area (Å²) in [5.74, 6) is -0.946. The fourth-order valence-corrected chi connectivity index (χ4v) is 2.72. The van der Waals surface area contributed by atoms with E-state index in [2.05, 4.69) is 10.3 Å². The number of hydrogen-bond donors (Lipinski definition) is 1. The highest BCUT2D eigenvalue weighted by atomic mass is 35.5. The van der Waals surface area contributed by atoms with E-state index in [0.717, 1.165) is 5.69 Å². The minimum absolute atomic E-state index is 0.216. The molecule has 1 aromatic heterocycles. The first-order valence-corrected chi connectivity index (χ1v) is 8.32. The summed E-state index contributed by atoms with van der Waals surface area (Å²) in [5, 5.41) is 3.13. The van der Waals surface area contributed by atoms with Crippen molar-refractivity contribution in [2.75, 3.05) is 24.3 Å². The van der Waals surface area contributed by atoms with E-state index < -0.39 is 11.7 Å². The quantitative estimate of drug-likeness (QED) is 0.714. The van der Waals surface area contributed by atoms with Gasteiger partial charge < -0.3 is 10.2 Å². The molecule has 0 aliphatic carbocycles. The van der Waals surface area contributed by atoms with Gasteiger partial charge in [0.2, 0.25) is 0 Å². The number of anilines is 2. The van der Waals surface area contributed by atoms with Gasteiger partial charge in [-0.25, -0.2) is 4.39 Å². The van der Waals surface area contributed by atoms with Crippen molar-refractivity contribution in [3.63, 3.8) is 0 Å². The molecule has 2 aromatic carbocycles. The molecule has 0 saturated carbocycles. The van der Waals surface area contributed by atoms with Crippen LogP contribution < -0.4 is 10.2 Å². The van der Waals surface area contributed by atoms with E-state index in [0.29, 0.717) is 16.4 Å². The second kappa shape index (κ2) is 7.54. The highest BCUT2D eigenvalue weighted by Gasteiger charge is 2.14. The van der Waals surface area contributed by atoms with Gasteiger partial charge in [0.15, 0.2) is 0 Å². The number of amides is 1. The van der Waals surface area contributed by atoms with Crippen LogP contribution in [0.1, 0.15) is 10.4 Å². The molecule has 0 spiro atoms. The second-order valence-electron chi connectivity index (χ2n) is 5.93. The number of carbonyl (C=O) groups excluding carboxylic acids is 1. The Morgan fingerprint density at radius 1 is 1.12 bits per heavy atom. The zero-order chi connectivity index (χ0) is 18.7. The van der Waals surface area contributed by atoms with E-state index in [1.807, 2.05) is 37.2 Å². The molecule has 0 aliphatic heterocycles. The summed E-state index contributed by atoms with van der Waals surface area (Å²) in [6.07, 6.45) is 1.54. The Morgan fingerprint density at radius 2 is 1.92 bits per heavy atom. The lowest BCUT2D eigenvalue weighted by atomic mass is 10.1. The summed E-state index contributed by atoms with van der Waals surface area (Å²) in [7, 11) is 3.83. The normalized spacial score (nSPS) is 10.5. The van der Waals surface area contributed by atoms with Crippen LogP contribution in [-0.4, -0.2) is 25.0 Å². The molecule has 3 rings (SSSR count). The number of rotatable bonds is 4. The molecule has 0 aliphatic rings. The minimum Gasteiger partial charge on any atom is -0.378 e. The largest absolute Gasteiger partial charge is 0.378 e. The second-order valence-corrected chi connectivity index (χ2v) is 6.33. The highest BCUT2D eigenvalue weighted by molar-refractivity contribution is 6.33. The van der Waals surface area contributed by atoms with Gasteiger partial charge in [-0.1, -0.05) is 17.7 Å².